The quantitative estimate of drug-likeness (QED) is 0.128. The van der Waals surface area contributed by atoms with Crippen LogP contribution in [0.25, 0.3) is 22.8 Å². The summed E-state index contributed by atoms with van der Waals surface area (Å²) in [5, 5.41) is 42.4. The Balaban J connectivity index is 0.848. The first-order valence-electron chi connectivity index (χ1n) is 27.0. The molecule has 0 spiro atoms. The normalized spacial score (nSPS) is 16.2. The van der Waals surface area contributed by atoms with Crippen molar-refractivity contribution in [3.63, 3.8) is 0 Å². The maximum Gasteiger partial charge on any atom is 0.131 e. The SMILES string of the molecule is OC[C@@H]1N=Cc2cc(Cl)cc(n2)C=N[C@@H](CO)c2ccc(cc2)Oc2ccnc(c2)-c2cc(ccn2)Oc2ccc(cc2)[C@H](CO)N=Cc2cc(Cl)cc(n2)C=N[C@@H](CO)c2ccc(cc2)Oc2ccnc(c2)-c2cc(ccn2)Oc2ccc1cc2. The second kappa shape index (κ2) is 27.6. The van der Waals surface area contributed by atoms with E-state index < -0.39 is 24.2 Å². The van der Waals surface area contributed by atoms with Gasteiger partial charge in [-0.1, -0.05) is 71.7 Å². The van der Waals surface area contributed by atoms with Gasteiger partial charge in [-0.15, -0.1) is 0 Å². The monoisotopic (exact) mass is 1180 g/mol. The molecule has 428 valence electrons. The number of aromatic nitrogens is 6. The zero-order chi connectivity index (χ0) is 59.2. The predicted molar refractivity (Wildman–Crippen MR) is 329 cm³/mol. The van der Waals surface area contributed by atoms with Gasteiger partial charge in [0, 0.05) is 84.0 Å². The number of nitrogens with zero attached hydrogens (tertiary/aromatic N) is 10. The number of hydrogen-bond donors (Lipinski definition) is 4. The molecule has 4 atom stereocenters. The molecule has 4 N–H and O–H groups in total. The molecule has 0 amide bonds. The van der Waals surface area contributed by atoms with Crippen molar-refractivity contribution in [3.05, 3.63) is 250 Å². The summed E-state index contributed by atoms with van der Waals surface area (Å²) >= 11 is 13.1. The van der Waals surface area contributed by atoms with E-state index in [-0.39, 0.29) is 26.4 Å². The first-order valence-corrected chi connectivity index (χ1v) is 27.8. The average molecular weight is 1180 g/mol. The Morgan fingerprint density at radius 1 is 0.291 bits per heavy atom. The van der Waals surface area contributed by atoms with Crippen LogP contribution in [-0.4, -0.2) is 102 Å². The van der Waals surface area contributed by atoms with Gasteiger partial charge in [-0.3, -0.25) is 39.9 Å². The number of aliphatic imine (C=N–C) groups is 4. The van der Waals surface area contributed by atoms with Gasteiger partial charge in [0.25, 0.3) is 0 Å². The van der Waals surface area contributed by atoms with Crippen molar-refractivity contribution < 1.29 is 39.4 Å². The van der Waals surface area contributed by atoms with E-state index in [9.17, 15) is 20.4 Å². The third kappa shape index (κ3) is 15.1. The molecule has 6 aromatic heterocycles. The van der Waals surface area contributed by atoms with Gasteiger partial charge in [0.15, 0.2) is 0 Å². The predicted octanol–water partition coefficient (Wildman–Crippen LogP) is 12.8. The topological polar surface area (TPSA) is 245 Å². The lowest BCUT2D eigenvalue weighted by molar-refractivity contribution is 0.269. The number of pyridine rings is 6. The number of halogens is 2. The highest BCUT2D eigenvalue weighted by Crippen LogP contribution is 2.33. The molecular formula is C66H52Cl2N10O8. The van der Waals surface area contributed by atoms with Crippen LogP contribution >= 0.6 is 23.2 Å². The van der Waals surface area contributed by atoms with Crippen LogP contribution in [0.5, 0.6) is 46.0 Å². The second-order valence-corrected chi connectivity index (χ2v) is 20.2. The minimum atomic E-state index is -0.621. The van der Waals surface area contributed by atoms with Crippen LogP contribution in [0.2, 0.25) is 10.0 Å². The van der Waals surface area contributed by atoms with Gasteiger partial charge in [-0.2, -0.15) is 0 Å². The zero-order valence-electron chi connectivity index (χ0n) is 45.6. The summed E-state index contributed by atoms with van der Waals surface area (Å²) in [6.07, 6.45) is 12.7. The van der Waals surface area contributed by atoms with E-state index in [4.69, 9.17) is 42.1 Å². The Kier molecular flexibility index (Phi) is 18.6. The third-order valence-corrected chi connectivity index (χ3v) is 13.8. The molecule has 13 heterocycles. The first kappa shape index (κ1) is 57.9. The van der Waals surface area contributed by atoms with Gasteiger partial charge < -0.3 is 39.4 Å². The molecule has 7 aliphatic rings. The van der Waals surface area contributed by atoms with Crippen LogP contribution in [0, 0.1) is 0 Å². The van der Waals surface area contributed by atoms with Gasteiger partial charge >= 0.3 is 0 Å². The van der Waals surface area contributed by atoms with Gasteiger partial charge in [-0.25, -0.2) is 9.97 Å². The van der Waals surface area contributed by atoms with Crippen LogP contribution in [-0.2, 0) is 0 Å². The molecule has 0 saturated carbocycles. The Morgan fingerprint density at radius 2 is 0.512 bits per heavy atom. The fraction of sp³-hybridized carbons (Fsp3) is 0.121. The lowest BCUT2D eigenvalue weighted by atomic mass is 10.1. The van der Waals surface area contributed by atoms with Crippen LogP contribution in [0.3, 0.4) is 0 Å². The van der Waals surface area contributed by atoms with Crippen molar-refractivity contribution in [2.45, 2.75) is 24.2 Å². The molecule has 20 bridgehead atoms. The first-order chi connectivity index (χ1) is 42.1. The van der Waals surface area contributed by atoms with E-state index in [1.165, 1.54) is 0 Å². The molecule has 0 unspecified atom stereocenters. The van der Waals surface area contributed by atoms with Crippen molar-refractivity contribution in [2.75, 3.05) is 26.4 Å². The van der Waals surface area contributed by atoms with Gasteiger partial charge in [0.2, 0.25) is 0 Å². The van der Waals surface area contributed by atoms with E-state index in [0.29, 0.717) is 102 Å². The molecule has 10 aromatic rings. The smallest absolute Gasteiger partial charge is 0.131 e. The molecule has 0 aliphatic carbocycles. The Labute approximate surface area is 503 Å². The summed E-state index contributed by atoms with van der Waals surface area (Å²) in [5.41, 5.74) is 6.90. The molecular weight excluding hydrogens is 1130 g/mol. The fourth-order valence-electron chi connectivity index (χ4n) is 9.00. The Bertz CT molecular complexity index is 3560. The minimum absolute atomic E-state index is 0.279. The largest absolute Gasteiger partial charge is 0.457 e. The molecule has 18 nitrogen and oxygen atoms in total. The van der Waals surface area contributed by atoms with Crippen molar-refractivity contribution in [1.29, 1.82) is 0 Å². The van der Waals surface area contributed by atoms with Crippen molar-refractivity contribution in [2.24, 2.45) is 20.0 Å². The minimum Gasteiger partial charge on any atom is -0.457 e. The van der Waals surface area contributed by atoms with Gasteiger partial charge in [0.05, 0.1) is 96.1 Å². The summed E-state index contributed by atoms with van der Waals surface area (Å²) in [7, 11) is 0. The molecule has 7 aliphatic heterocycles. The number of aliphatic hydroxyl groups is 4. The summed E-state index contributed by atoms with van der Waals surface area (Å²) in [6.45, 7) is -1.11. The molecule has 20 heteroatoms. The summed E-state index contributed by atoms with van der Waals surface area (Å²) in [6, 6.07) is 47.1. The van der Waals surface area contributed by atoms with Crippen molar-refractivity contribution in [3.8, 4) is 68.8 Å². The Hall–Kier alpha value is -9.92. The molecule has 0 saturated heterocycles. The summed E-state index contributed by atoms with van der Waals surface area (Å²) in [4.78, 5) is 46.0. The highest BCUT2D eigenvalue weighted by Gasteiger charge is 2.16. The second-order valence-electron chi connectivity index (χ2n) is 19.4. The highest BCUT2D eigenvalue weighted by atomic mass is 35.5. The van der Waals surface area contributed by atoms with Gasteiger partial charge in [0.1, 0.15) is 46.0 Å². The molecule has 17 rings (SSSR count). The van der Waals surface area contributed by atoms with Crippen LogP contribution in [0.4, 0.5) is 0 Å². The number of hydrogen-bond acceptors (Lipinski definition) is 18. The highest BCUT2D eigenvalue weighted by molar-refractivity contribution is 6.31. The van der Waals surface area contributed by atoms with Crippen LogP contribution < -0.4 is 18.9 Å². The van der Waals surface area contributed by atoms with E-state index in [2.05, 4.69) is 49.9 Å². The number of benzene rings is 4. The third-order valence-electron chi connectivity index (χ3n) is 13.4. The number of rotatable bonds is 4. The van der Waals surface area contributed by atoms with Crippen molar-refractivity contribution >= 4 is 48.1 Å². The fourth-order valence-corrected chi connectivity index (χ4v) is 9.44. The Morgan fingerprint density at radius 3 is 0.721 bits per heavy atom. The number of ether oxygens (including phenoxy) is 4. The van der Waals surface area contributed by atoms with Crippen LogP contribution in [0.15, 0.2) is 215 Å². The summed E-state index contributed by atoms with van der Waals surface area (Å²) in [5.74, 6) is 4.25. The molecule has 0 radical (unpaired) electrons. The summed E-state index contributed by atoms with van der Waals surface area (Å²) < 4.78 is 24.9. The maximum absolute atomic E-state index is 10.4. The van der Waals surface area contributed by atoms with E-state index in [1.54, 1.807) is 171 Å². The number of aliphatic hydroxyl groups excluding tert-OH is 4. The van der Waals surface area contributed by atoms with Crippen molar-refractivity contribution in [1.82, 2.24) is 29.9 Å². The lowest BCUT2D eigenvalue weighted by Crippen LogP contribution is -2.04. The molecule has 86 heavy (non-hydrogen) atoms. The maximum atomic E-state index is 10.4. The lowest BCUT2D eigenvalue weighted by Gasteiger charge is -2.13. The zero-order valence-corrected chi connectivity index (χ0v) is 47.1. The van der Waals surface area contributed by atoms with Gasteiger partial charge in [-0.05, 0) is 119 Å². The standard InChI is InChI=1S/C66H52Cl2N10O8/c67-45-25-47-33-73-63(37-79)41-1-9-51(10-2-41)83-55-17-21-69-59(29-55)60-30-56(18-22-70-60)84-52-11-5-43(6-12-52)65(39-81)75-35-49-27-46(68)28-50(78-49)36-76-66(40-82)44-7-15-54(16-8-44)86-58-20-24-72-62(32-58)61-31-57(19-23-71-61)85-53-13-3-42(4-14-53)64(38-80)74-34-48(26-45)77-47/h1-36,63-66,79-82H,37-40H2/t63-,64-,65-,66-/m0/s1. The average Bonchev–Trinajstić information content (AvgIpc) is 3.72. The van der Waals surface area contributed by atoms with E-state index >= 15 is 0 Å². The van der Waals surface area contributed by atoms with E-state index in [1.807, 2.05) is 48.5 Å². The van der Waals surface area contributed by atoms with Crippen LogP contribution in [0.1, 0.15) is 69.2 Å². The molecule has 4 aromatic carbocycles. The van der Waals surface area contributed by atoms with E-state index in [0.717, 1.165) is 22.3 Å². The molecule has 0 fully saturated rings.